The summed E-state index contributed by atoms with van der Waals surface area (Å²) in [5, 5.41) is 3.66. The van der Waals surface area contributed by atoms with Gasteiger partial charge in [-0.3, -0.25) is 0 Å². The Balaban J connectivity index is 1.73. The zero-order valence-electron chi connectivity index (χ0n) is 8.91. The molecule has 1 aliphatic carbocycles. The van der Waals surface area contributed by atoms with E-state index in [0.717, 1.165) is 24.7 Å². The second-order valence-corrected chi connectivity index (χ2v) is 4.58. The maximum Gasteiger partial charge on any atom is 0.124 e. The highest BCUT2D eigenvalue weighted by Gasteiger charge is 2.25. The molecule has 1 N–H and O–H groups in total. The van der Waals surface area contributed by atoms with Gasteiger partial charge in [0.15, 0.2) is 0 Å². The van der Waals surface area contributed by atoms with E-state index >= 15 is 0 Å². The Hall–Kier alpha value is -1.02. The lowest BCUT2D eigenvalue weighted by Crippen LogP contribution is -2.28. The number of fused-ring (bicyclic) bond motifs is 1. The number of benzene rings is 1. The van der Waals surface area contributed by atoms with Gasteiger partial charge in [-0.15, -0.1) is 0 Å². The summed E-state index contributed by atoms with van der Waals surface area (Å²) in [6, 6.07) is 8.90. The van der Waals surface area contributed by atoms with Gasteiger partial charge in [-0.05, 0) is 31.4 Å². The minimum Gasteiger partial charge on any atom is -0.493 e. The van der Waals surface area contributed by atoms with E-state index in [1.54, 1.807) is 0 Å². The third-order valence-electron chi connectivity index (χ3n) is 3.31. The molecule has 1 heterocycles. The monoisotopic (exact) mass is 203 g/mol. The van der Waals surface area contributed by atoms with Crippen molar-refractivity contribution in [3.63, 3.8) is 0 Å². The van der Waals surface area contributed by atoms with Crippen LogP contribution >= 0.6 is 0 Å². The smallest absolute Gasteiger partial charge is 0.124 e. The maximum atomic E-state index is 5.64. The van der Waals surface area contributed by atoms with Crippen LogP contribution in [0.3, 0.4) is 0 Å². The van der Waals surface area contributed by atoms with Gasteiger partial charge in [0, 0.05) is 18.0 Å². The van der Waals surface area contributed by atoms with E-state index in [4.69, 9.17) is 4.74 Å². The lowest BCUT2D eigenvalue weighted by Gasteiger charge is -2.26. The van der Waals surface area contributed by atoms with Crippen LogP contribution in [0.15, 0.2) is 24.3 Å². The Morgan fingerprint density at radius 1 is 1.20 bits per heavy atom. The first-order chi connectivity index (χ1) is 7.43. The summed E-state index contributed by atoms with van der Waals surface area (Å²) in [5.74, 6) is 2.01. The highest BCUT2D eigenvalue weighted by molar-refractivity contribution is 5.37. The average molecular weight is 203 g/mol. The van der Waals surface area contributed by atoms with Crippen LogP contribution in [-0.2, 0) is 0 Å². The van der Waals surface area contributed by atoms with Crippen LogP contribution in [0.25, 0.3) is 0 Å². The van der Waals surface area contributed by atoms with Crippen LogP contribution in [0.2, 0.25) is 0 Å². The van der Waals surface area contributed by atoms with E-state index in [1.165, 1.54) is 24.9 Å². The molecule has 1 atom stereocenters. The van der Waals surface area contributed by atoms with E-state index in [-0.39, 0.29) is 0 Å². The molecule has 0 bridgehead atoms. The molecule has 15 heavy (non-hydrogen) atoms. The molecule has 0 amide bonds. The van der Waals surface area contributed by atoms with E-state index in [2.05, 4.69) is 23.5 Å². The number of hydrogen-bond acceptors (Lipinski definition) is 2. The molecule has 2 heteroatoms. The summed E-state index contributed by atoms with van der Waals surface area (Å²) < 4.78 is 5.64. The van der Waals surface area contributed by atoms with Crippen molar-refractivity contribution >= 4 is 0 Å². The Kier molecular flexibility index (Phi) is 2.37. The molecule has 1 aromatic carbocycles. The third kappa shape index (κ3) is 2.00. The lowest BCUT2D eigenvalue weighted by atomic mass is 10.0. The van der Waals surface area contributed by atoms with E-state index < -0.39 is 0 Å². The number of nitrogens with one attached hydrogen (secondary N) is 1. The van der Waals surface area contributed by atoms with Gasteiger partial charge in [-0.25, -0.2) is 0 Å². The molecule has 2 nitrogen and oxygen atoms in total. The normalized spacial score (nSPS) is 24.4. The quantitative estimate of drug-likeness (QED) is 0.815. The van der Waals surface area contributed by atoms with Crippen molar-refractivity contribution in [3.05, 3.63) is 29.8 Å². The number of ether oxygens (including phenoxy) is 1. The van der Waals surface area contributed by atoms with Crippen LogP contribution in [0, 0.1) is 5.92 Å². The largest absolute Gasteiger partial charge is 0.493 e. The van der Waals surface area contributed by atoms with Crippen LogP contribution < -0.4 is 10.1 Å². The standard InChI is InChI=1S/C13H17NO/c1-2-4-13-11(3-1)12(7-8-15-13)14-9-10-5-6-10/h1-4,10,12,14H,5-9H2/t12-/m1/s1. The molecule has 1 aliphatic heterocycles. The van der Waals surface area contributed by atoms with Gasteiger partial charge < -0.3 is 10.1 Å². The van der Waals surface area contributed by atoms with Gasteiger partial charge in [0.2, 0.25) is 0 Å². The molecule has 0 unspecified atom stereocenters. The maximum absolute atomic E-state index is 5.64. The molecule has 0 spiro atoms. The summed E-state index contributed by atoms with van der Waals surface area (Å²) in [6.07, 6.45) is 3.93. The predicted octanol–water partition coefficient (Wildman–Crippen LogP) is 2.51. The van der Waals surface area contributed by atoms with Crippen LogP contribution in [0.1, 0.15) is 30.9 Å². The predicted molar refractivity (Wildman–Crippen MR) is 60.0 cm³/mol. The Labute approximate surface area is 90.6 Å². The van der Waals surface area contributed by atoms with E-state index in [0.29, 0.717) is 6.04 Å². The van der Waals surface area contributed by atoms with Crippen molar-refractivity contribution in [2.75, 3.05) is 13.2 Å². The van der Waals surface area contributed by atoms with E-state index in [1.807, 2.05) is 6.07 Å². The molecule has 3 rings (SSSR count). The van der Waals surface area contributed by atoms with Crippen molar-refractivity contribution in [1.29, 1.82) is 0 Å². The first kappa shape index (κ1) is 9.22. The summed E-state index contributed by atoms with van der Waals surface area (Å²) in [7, 11) is 0. The van der Waals surface area contributed by atoms with Gasteiger partial charge in [-0.2, -0.15) is 0 Å². The van der Waals surface area contributed by atoms with Crippen LogP contribution in [-0.4, -0.2) is 13.2 Å². The highest BCUT2D eigenvalue weighted by Crippen LogP contribution is 2.33. The molecular weight excluding hydrogens is 186 g/mol. The summed E-state index contributed by atoms with van der Waals surface area (Å²) in [5.41, 5.74) is 1.34. The van der Waals surface area contributed by atoms with Gasteiger partial charge in [0.05, 0.1) is 6.61 Å². The van der Waals surface area contributed by atoms with E-state index in [9.17, 15) is 0 Å². The van der Waals surface area contributed by atoms with Crippen molar-refractivity contribution in [2.45, 2.75) is 25.3 Å². The summed E-state index contributed by atoms with van der Waals surface area (Å²) in [4.78, 5) is 0. The van der Waals surface area contributed by atoms with Crippen molar-refractivity contribution in [2.24, 2.45) is 5.92 Å². The second kappa shape index (κ2) is 3.86. The summed E-state index contributed by atoms with van der Waals surface area (Å²) in [6.45, 7) is 2.03. The Morgan fingerprint density at radius 2 is 2.07 bits per heavy atom. The van der Waals surface area contributed by atoms with Crippen molar-refractivity contribution in [1.82, 2.24) is 5.32 Å². The van der Waals surface area contributed by atoms with Crippen molar-refractivity contribution < 1.29 is 4.74 Å². The van der Waals surface area contributed by atoms with Crippen LogP contribution in [0.4, 0.5) is 0 Å². The second-order valence-electron chi connectivity index (χ2n) is 4.58. The molecule has 0 aromatic heterocycles. The molecule has 80 valence electrons. The zero-order chi connectivity index (χ0) is 10.1. The molecule has 1 saturated carbocycles. The van der Waals surface area contributed by atoms with Crippen LogP contribution in [0.5, 0.6) is 5.75 Å². The fourth-order valence-corrected chi connectivity index (χ4v) is 2.19. The molecule has 1 fully saturated rings. The minimum atomic E-state index is 0.510. The van der Waals surface area contributed by atoms with Gasteiger partial charge in [0.25, 0.3) is 0 Å². The lowest BCUT2D eigenvalue weighted by molar-refractivity contribution is 0.252. The number of rotatable bonds is 3. The SMILES string of the molecule is c1ccc2c(c1)OCC[C@H]2NCC1CC1. The fourth-order valence-electron chi connectivity index (χ4n) is 2.19. The highest BCUT2D eigenvalue weighted by atomic mass is 16.5. The first-order valence-corrected chi connectivity index (χ1v) is 5.88. The van der Waals surface area contributed by atoms with Gasteiger partial charge in [0.1, 0.15) is 5.75 Å². The minimum absolute atomic E-state index is 0.510. The fraction of sp³-hybridized carbons (Fsp3) is 0.538. The number of hydrogen-bond donors (Lipinski definition) is 1. The van der Waals surface area contributed by atoms with Gasteiger partial charge >= 0.3 is 0 Å². The topological polar surface area (TPSA) is 21.3 Å². The van der Waals surface area contributed by atoms with Crippen molar-refractivity contribution in [3.8, 4) is 5.75 Å². The zero-order valence-corrected chi connectivity index (χ0v) is 8.91. The first-order valence-electron chi connectivity index (χ1n) is 5.88. The van der Waals surface area contributed by atoms with Gasteiger partial charge in [-0.1, -0.05) is 18.2 Å². The molecular formula is C13H17NO. The molecule has 1 aromatic rings. The summed E-state index contributed by atoms with van der Waals surface area (Å²) >= 11 is 0. The Morgan fingerprint density at radius 3 is 2.93 bits per heavy atom. The average Bonchev–Trinajstić information content (AvgIpc) is 3.10. The third-order valence-corrected chi connectivity index (χ3v) is 3.31. The Bertz CT molecular complexity index is 346. The molecule has 0 radical (unpaired) electrons. The molecule has 2 aliphatic rings. The number of para-hydroxylation sites is 1. The molecule has 0 saturated heterocycles.